The first-order valence-electron chi connectivity index (χ1n) is 4.88. The zero-order chi connectivity index (χ0) is 10.8. The molecular weight excluding hydrogens is 196 g/mol. The molecular formula is C9H14N4O2. The minimum atomic E-state index is -0.243. The standard InChI is InChI=1S/C9H14N4O2/c1-7-6-8(10)11-13(7)3-2-12-4-5-15-9(12)14/h6H,2-5H2,1H3,(H2,10,11). The molecule has 1 saturated heterocycles. The Hall–Kier alpha value is -1.72. The Bertz CT molecular complexity index is 374. The number of amides is 1. The summed E-state index contributed by atoms with van der Waals surface area (Å²) in [6.07, 6.45) is -0.243. The van der Waals surface area contributed by atoms with Crippen LogP contribution < -0.4 is 5.73 Å². The average Bonchev–Trinajstić information content (AvgIpc) is 2.70. The maximum absolute atomic E-state index is 11.1. The van der Waals surface area contributed by atoms with Crippen molar-refractivity contribution in [3.05, 3.63) is 11.8 Å². The van der Waals surface area contributed by atoms with Crippen LogP contribution in [0.5, 0.6) is 0 Å². The number of nitrogen functional groups attached to an aromatic ring is 1. The monoisotopic (exact) mass is 210 g/mol. The van der Waals surface area contributed by atoms with Gasteiger partial charge in [0, 0.05) is 18.3 Å². The van der Waals surface area contributed by atoms with Gasteiger partial charge < -0.3 is 15.4 Å². The number of hydrogen-bond donors (Lipinski definition) is 1. The third-order valence-corrected chi connectivity index (χ3v) is 2.43. The van der Waals surface area contributed by atoms with Crippen LogP contribution in [0.4, 0.5) is 10.6 Å². The van der Waals surface area contributed by atoms with Crippen LogP contribution in [0.25, 0.3) is 0 Å². The molecule has 1 fully saturated rings. The Labute approximate surface area is 87.6 Å². The van der Waals surface area contributed by atoms with E-state index in [2.05, 4.69) is 5.10 Å². The van der Waals surface area contributed by atoms with Crippen molar-refractivity contribution in [1.29, 1.82) is 0 Å². The molecule has 0 bridgehead atoms. The smallest absolute Gasteiger partial charge is 0.410 e. The van der Waals surface area contributed by atoms with Crippen LogP contribution in [0.1, 0.15) is 5.69 Å². The number of hydrogen-bond acceptors (Lipinski definition) is 4. The van der Waals surface area contributed by atoms with Crippen LogP contribution in [-0.2, 0) is 11.3 Å². The molecule has 1 amide bonds. The molecule has 6 nitrogen and oxygen atoms in total. The molecule has 2 N–H and O–H groups in total. The number of nitrogens with zero attached hydrogens (tertiary/aromatic N) is 3. The Morgan fingerprint density at radius 2 is 2.40 bits per heavy atom. The van der Waals surface area contributed by atoms with E-state index in [1.54, 1.807) is 9.58 Å². The molecule has 82 valence electrons. The fraction of sp³-hybridized carbons (Fsp3) is 0.556. The predicted molar refractivity (Wildman–Crippen MR) is 54.3 cm³/mol. The van der Waals surface area contributed by atoms with Crippen LogP contribution in [0, 0.1) is 6.92 Å². The molecule has 1 aromatic heterocycles. The van der Waals surface area contributed by atoms with E-state index in [1.807, 2.05) is 13.0 Å². The highest BCUT2D eigenvalue weighted by molar-refractivity contribution is 5.69. The number of rotatable bonds is 3. The molecule has 0 atom stereocenters. The normalized spacial score (nSPS) is 15.8. The number of carbonyl (C=O) groups excluding carboxylic acids is 1. The Kier molecular flexibility index (Phi) is 2.49. The molecule has 6 heteroatoms. The number of carbonyl (C=O) groups is 1. The third kappa shape index (κ3) is 2.03. The number of ether oxygens (including phenoxy) is 1. The van der Waals surface area contributed by atoms with Crippen LogP contribution in [0.15, 0.2) is 6.07 Å². The van der Waals surface area contributed by atoms with Gasteiger partial charge in [-0.3, -0.25) is 4.68 Å². The van der Waals surface area contributed by atoms with E-state index in [0.717, 1.165) is 5.69 Å². The van der Waals surface area contributed by atoms with Crippen molar-refractivity contribution in [3.8, 4) is 0 Å². The lowest BCUT2D eigenvalue weighted by Crippen LogP contribution is -2.28. The Morgan fingerprint density at radius 3 is 2.93 bits per heavy atom. The fourth-order valence-electron chi connectivity index (χ4n) is 1.61. The van der Waals surface area contributed by atoms with Gasteiger partial charge in [0.05, 0.1) is 13.1 Å². The first kappa shape index (κ1) is 9.82. The molecule has 0 radical (unpaired) electrons. The lowest BCUT2D eigenvalue weighted by molar-refractivity contribution is 0.157. The number of anilines is 1. The minimum absolute atomic E-state index is 0.243. The van der Waals surface area contributed by atoms with Crippen LogP contribution in [0.2, 0.25) is 0 Å². The Morgan fingerprint density at radius 1 is 1.60 bits per heavy atom. The largest absolute Gasteiger partial charge is 0.448 e. The number of aromatic nitrogens is 2. The molecule has 1 aliphatic heterocycles. The fourth-order valence-corrected chi connectivity index (χ4v) is 1.61. The van der Waals surface area contributed by atoms with Crippen molar-refractivity contribution in [2.24, 2.45) is 0 Å². The quantitative estimate of drug-likeness (QED) is 0.774. The van der Waals surface area contributed by atoms with E-state index in [0.29, 0.717) is 32.1 Å². The molecule has 15 heavy (non-hydrogen) atoms. The summed E-state index contributed by atoms with van der Waals surface area (Å²) in [4.78, 5) is 12.8. The highest BCUT2D eigenvalue weighted by Crippen LogP contribution is 2.06. The maximum atomic E-state index is 11.1. The summed E-state index contributed by atoms with van der Waals surface area (Å²) in [5.41, 5.74) is 6.55. The van der Waals surface area contributed by atoms with Crippen molar-refractivity contribution in [3.63, 3.8) is 0 Å². The van der Waals surface area contributed by atoms with Crippen LogP contribution >= 0.6 is 0 Å². The molecule has 1 aromatic rings. The molecule has 0 aliphatic carbocycles. The van der Waals surface area contributed by atoms with Gasteiger partial charge in [0.2, 0.25) is 0 Å². The van der Waals surface area contributed by atoms with Gasteiger partial charge in [-0.1, -0.05) is 0 Å². The second kappa shape index (κ2) is 3.80. The van der Waals surface area contributed by atoms with Crippen LogP contribution in [-0.4, -0.2) is 40.5 Å². The zero-order valence-corrected chi connectivity index (χ0v) is 8.64. The summed E-state index contributed by atoms with van der Waals surface area (Å²) < 4.78 is 6.61. The van der Waals surface area contributed by atoms with Gasteiger partial charge in [0.25, 0.3) is 0 Å². The summed E-state index contributed by atoms with van der Waals surface area (Å²) in [5.74, 6) is 0.511. The maximum Gasteiger partial charge on any atom is 0.410 e. The Balaban J connectivity index is 1.92. The van der Waals surface area contributed by atoms with Crippen molar-refractivity contribution in [2.45, 2.75) is 13.5 Å². The number of aryl methyl sites for hydroxylation is 1. The van der Waals surface area contributed by atoms with E-state index in [9.17, 15) is 4.79 Å². The van der Waals surface area contributed by atoms with E-state index in [4.69, 9.17) is 10.5 Å². The molecule has 0 spiro atoms. The van der Waals surface area contributed by atoms with Gasteiger partial charge in [0.15, 0.2) is 0 Å². The molecule has 1 aliphatic rings. The average molecular weight is 210 g/mol. The molecule has 2 heterocycles. The van der Waals surface area contributed by atoms with E-state index < -0.39 is 0 Å². The SMILES string of the molecule is Cc1cc(N)nn1CCN1CCOC1=O. The van der Waals surface area contributed by atoms with Crippen molar-refractivity contribution in [1.82, 2.24) is 14.7 Å². The zero-order valence-electron chi connectivity index (χ0n) is 8.64. The second-order valence-corrected chi connectivity index (χ2v) is 3.54. The van der Waals surface area contributed by atoms with Gasteiger partial charge in [-0.05, 0) is 6.92 Å². The first-order valence-corrected chi connectivity index (χ1v) is 4.88. The molecule has 0 unspecified atom stereocenters. The summed E-state index contributed by atoms with van der Waals surface area (Å²) in [5, 5.41) is 4.11. The minimum Gasteiger partial charge on any atom is -0.448 e. The molecule has 2 rings (SSSR count). The van der Waals surface area contributed by atoms with Gasteiger partial charge in [-0.25, -0.2) is 4.79 Å². The highest BCUT2D eigenvalue weighted by Gasteiger charge is 2.21. The number of nitrogens with two attached hydrogens (primary N) is 1. The topological polar surface area (TPSA) is 73.4 Å². The molecule has 0 saturated carbocycles. The van der Waals surface area contributed by atoms with Crippen molar-refractivity contribution >= 4 is 11.9 Å². The summed E-state index contributed by atoms with van der Waals surface area (Å²) in [6, 6.07) is 1.81. The van der Waals surface area contributed by atoms with Crippen LogP contribution in [0.3, 0.4) is 0 Å². The summed E-state index contributed by atoms with van der Waals surface area (Å²) >= 11 is 0. The van der Waals surface area contributed by atoms with Gasteiger partial charge in [-0.2, -0.15) is 5.10 Å². The summed E-state index contributed by atoms with van der Waals surface area (Å²) in [6.45, 7) is 4.35. The van der Waals surface area contributed by atoms with Gasteiger partial charge >= 0.3 is 6.09 Å². The second-order valence-electron chi connectivity index (χ2n) is 3.54. The van der Waals surface area contributed by atoms with E-state index >= 15 is 0 Å². The summed E-state index contributed by atoms with van der Waals surface area (Å²) in [7, 11) is 0. The molecule has 0 aromatic carbocycles. The van der Waals surface area contributed by atoms with Gasteiger partial charge in [0.1, 0.15) is 12.4 Å². The highest BCUT2D eigenvalue weighted by atomic mass is 16.6. The first-order chi connectivity index (χ1) is 7.16. The van der Waals surface area contributed by atoms with E-state index in [-0.39, 0.29) is 6.09 Å². The van der Waals surface area contributed by atoms with E-state index in [1.165, 1.54) is 0 Å². The number of cyclic esters (lactones) is 1. The van der Waals surface area contributed by atoms with Crippen molar-refractivity contribution in [2.75, 3.05) is 25.4 Å². The predicted octanol–water partition coefficient (Wildman–Crippen LogP) is 0.226. The lowest BCUT2D eigenvalue weighted by Gasteiger charge is -2.12. The third-order valence-electron chi connectivity index (χ3n) is 2.43. The van der Waals surface area contributed by atoms with Gasteiger partial charge in [-0.15, -0.1) is 0 Å². The lowest BCUT2D eigenvalue weighted by atomic mass is 10.4. The van der Waals surface area contributed by atoms with Crippen molar-refractivity contribution < 1.29 is 9.53 Å².